The maximum Gasteiger partial charge on any atom is 0.273 e. The molecule has 0 aliphatic carbocycles. The zero-order valence-corrected chi connectivity index (χ0v) is 45.7. The first-order valence-electron chi connectivity index (χ1n) is 25.2. The summed E-state index contributed by atoms with van der Waals surface area (Å²) < 4.78 is 10.6. The SMILES string of the molecule is Cc1ccc(-c2nn[nH]n2)cc1.Cc1ccc(-c2nn[nH]n2)cc1Cl.Cc1ccc(-c2nn[nH]n2)cc1[N+](=O)[O-].O=C(NCc1ccc2c(c1)OCO2)c1ccc(-c2nn[nH]n2)cc1.O=C(NCc1cccnc1)c1ccc(-c2nn[nH]n2)cc1. The van der Waals surface area contributed by atoms with Gasteiger partial charge in [-0.15, -0.1) is 51.0 Å². The van der Waals surface area contributed by atoms with Gasteiger partial charge >= 0.3 is 0 Å². The van der Waals surface area contributed by atoms with Crippen LogP contribution in [0.2, 0.25) is 5.02 Å². The summed E-state index contributed by atoms with van der Waals surface area (Å²) in [7, 11) is 0. The van der Waals surface area contributed by atoms with Crippen molar-refractivity contribution in [2.45, 2.75) is 33.9 Å². The summed E-state index contributed by atoms with van der Waals surface area (Å²) in [5, 5.41) is 84.8. The summed E-state index contributed by atoms with van der Waals surface area (Å²) in [6.07, 6.45) is 3.42. The van der Waals surface area contributed by atoms with Crippen LogP contribution in [-0.4, -0.2) is 132 Å². The molecule has 426 valence electrons. The van der Waals surface area contributed by atoms with Gasteiger partial charge in [-0.05, 0) is 112 Å². The van der Waals surface area contributed by atoms with Gasteiger partial charge in [-0.25, -0.2) is 0 Å². The van der Waals surface area contributed by atoms with Crippen molar-refractivity contribution in [1.29, 1.82) is 0 Å². The molecule has 6 aromatic carbocycles. The number of nitro benzene ring substituents is 1. The number of aryl methyl sites for hydroxylation is 3. The fourth-order valence-corrected chi connectivity index (χ4v) is 7.64. The molecule has 1 aliphatic rings. The summed E-state index contributed by atoms with van der Waals surface area (Å²) in [4.78, 5) is 38.5. The van der Waals surface area contributed by atoms with Gasteiger partial charge in [0.1, 0.15) is 0 Å². The molecule has 13 rings (SSSR count). The van der Waals surface area contributed by atoms with Gasteiger partial charge in [0.05, 0.1) is 4.92 Å². The van der Waals surface area contributed by atoms with Gasteiger partial charge in [-0.2, -0.15) is 26.1 Å². The molecule has 0 saturated carbocycles. The molecule has 7 N–H and O–H groups in total. The second-order valence-corrected chi connectivity index (χ2v) is 18.2. The van der Waals surface area contributed by atoms with Gasteiger partial charge < -0.3 is 20.1 Å². The summed E-state index contributed by atoms with van der Waals surface area (Å²) in [5.41, 5.74) is 9.95. The largest absolute Gasteiger partial charge is 0.454 e. The predicted molar refractivity (Wildman–Crippen MR) is 303 cm³/mol. The number of carbonyl (C=O) groups is 2. The molecule has 0 bridgehead atoms. The quantitative estimate of drug-likeness (QED) is 0.0488. The number of pyridine rings is 1. The highest BCUT2D eigenvalue weighted by Gasteiger charge is 2.16. The third-order valence-electron chi connectivity index (χ3n) is 12.0. The summed E-state index contributed by atoms with van der Waals surface area (Å²) >= 11 is 5.94. The Balaban J connectivity index is 0.000000130. The first-order chi connectivity index (χ1) is 41.4. The Morgan fingerprint density at radius 3 is 1.40 bits per heavy atom. The first-order valence-corrected chi connectivity index (χ1v) is 25.6. The number of aromatic nitrogens is 21. The van der Waals surface area contributed by atoms with E-state index in [4.69, 9.17) is 21.1 Å². The summed E-state index contributed by atoms with van der Waals surface area (Å²) in [6.45, 7) is 6.75. The molecule has 85 heavy (non-hydrogen) atoms. The van der Waals surface area contributed by atoms with Crippen LogP contribution >= 0.6 is 11.6 Å². The third-order valence-corrected chi connectivity index (χ3v) is 12.4. The average molecular weight is 1160 g/mol. The number of ether oxygens (including phenoxy) is 2. The van der Waals surface area contributed by atoms with Gasteiger partial charge in [0, 0.05) is 81.1 Å². The van der Waals surface area contributed by atoms with E-state index < -0.39 is 4.92 Å². The van der Waals surface area contributed by atoms with E-state index in [1.54, 1.807) is 80.0 Å². The lowest BCUT2D eigenvalue weighted by Gasteiger charge is -2.06. The van der Waals surface area contributed by atoms with Gasteiger partial charge in [-0.3, -0.25) is 24.7 Å². The molecule has 31 heteroatoms. The van der Waals surface area contributed by atoms with E-state index in [1.165, 1.54) is 11.6 Å². The van der Waals surface area contributed by atoms with Crippen LogP contribution < -0.4 is 20.1 Å². The number of hydrogen-bond donors (Lipinski definition) is 7. The molecule has 0 saturated heterocycles. The second-order valence-electron chi connectivity index (χ2n) is 17.8. The number of fused-ring (bicyclic) bond motifs is 1. The molecular weight excluding hydrogens is 1120 g/mol. The second kappa shape index (κ2) is 28.5. The van der Waals surface area contributed by atoms with Crippen LogP contribution in [0.1, 0.15) is 48.5 Å². The van der Waals surface area contributed by atoms with Crippen LogP contribution in [0.5, 0.6) is 11.5 Å². The van der Waals surface area contributed by atoms with E-state index >= 15 is 0 Å². The number of tetrazole rings is 5. The van der Waals surface area contributed by atoms with Crippen molar-refractivity contribution in [3.05, 3.63) is 206 Å². The van der Waals surface area contributed by atoms with Gasteiger partial charge in [0.2, 0.25) is 35.9 Å². The number of nitrogens with one attached hydrogen (secondary N) is 7. The Labute approximate surface area is 485 Å². The maximum absolute atomic E-state index is 12.2. The van der Waals surface area contributed by atoms with Crippen molar-refractivity contribution >= 4 is 29.1 Å². The number of amides is 2. The highest BCUT2D eigenvalue weighted by atomic mass is 35.5. The van der Waals surface area contributed by atoms with Crippen LogP contribution in [0.25, 0.3) is 56.9 Å². The number of nitrogens with zero attached hydrogens (tertiary/aromatic N) is 17. The Morgan fingerprint density at radius 1 is 0.518 bits per heavy atom. The highest BCUT2D eigenvalue weighted by molar-refractivity contribution is 6.31. The van der Waals surface area contributed by atoms with Crippen LogP contribution in [0.3, 0.4) is 0 Å². The monoisotopic (exact) mass is 1160 g/mol. The number of aromatic amines is 5. The molecule has 2 amide bonds. The molecule has 12 aromatic rings. The minimum absolute atomic E-state index is 0.0531. The molecule has 0 radical (unpaired) electrons. The fraction of sp³-hybridized carbons (Fsp3) is 0.111. The lowest BCUT2D eigenvalue weighted by molar-refractivity contribution is -0.385. The van der Waals surface area contributed by atoms with Crippen molar-refractivity contribution in [3.8, 4) is 68.4 Å². The Hall–Kier alpha value is -12.0. The number of carbonyl (C=O) groups excluding carboxylic acids is 2. The van der Waals surface area contributed by atoms with Crippen LogP contribution in [-0.2, 0) is 13.1 Å². The molecular formula is C54H47ClN24O6. The number of nitro groups is 1. The summed E-state index contributed by atoms with van der Waals surface area (Å²) in [6, 6.07) is 41.8. The van der Waals surface area contributed by atoms with E-state index in [0.717, 1.165) is 44.7 Å². The zero-order valence-electron chi connectivity index (χ0n) is 45.0. The lowest BCUT2D eigenvalue weighted by atomic mass is 10.1. The van der Waals surface area contributed by atoms with Crippen LogP contribution in [0.15, 0.2) is 152 Å². The van der Waals surface area contributed by atoms with Crippen molar-refractivity contribution in [2.75, 3.05) is 6.79 Å². The number of benzene rings is 6. The van der Waals surface area contributed by atoms with E-state index in [9.17, 15) is 19.7 Å². The fourth-order valence-electron chi connectivity index (χ4n) is 7.46. The zero-order chi connectivity index (χ0) is 59.3. The third kappa shape index (κ3) is 16.1. The van der Waals surface area contributed by atoms with Crippen molar-refractivity contribution in [1.82, 2.24) is 119 Å². The van der Waals surface area contributed by atoms with Gasteiger partial charge in [-0.1, -0.05) is 102 Å². The summed E-state index contributed by atoms with van der Waals surface area (Å²) in [5.74, 6) is 3.65. The molecule has 7 heterocycles. The number of H-pyrrole nitrogens is 5. The van der Waals surface area contributed by atoms with Gasteiger partial charge in [0.25, 0.3) is 17.5 Å². The van der Waals surface area contributed by atoms with E-state index in [1.807, 2.05) is 86.6 Å². The van der Waals surface area contributed by atoms with Crippen molar-refractivity contribution in [3.63, 3.8) is 0 Å². The predicted octanol–water partition coefficient (Wildman–Crippen LogP) is 6.80. The standard InChI is InChI=1S/C16H13N5O3.C14H12N6O.C8H7ClN4.C8H7N5O2.C8H8N4/c22-16(12-4-2-11(3-5-12)15-18-20-21-19-15)17-8-10-1-6-13-14(7-10)24-9-23-13;21-14(16-9-10-2-1-7-15-8-10)12-5-3-11(4-6-12)13-17-19-20-18-13;1-5-2-3-6(4-7(5)9)8-10-12-13-11-8;1-5-2-3-6(4-7(5)13(14)15)8-9-11-12-10-8;1-6-2-4-7(5-3-6)8-9-11-12-10-8/h1-7H,8-9H2,(H,17,22)(H,18,19,20,21);1-8H,9H2,(H,16,21)(H,17,18,19,20);2-4H,1H3,(H,10,11,12,13);2-4H,1H3,(H,9,10,11,12);2-5H,1H3,(H,9,10,11,12). The molecule has 0 unspecified atom stereocenters. The smallest absolute Gasteiger partial charge is 0.273 e. The van der Waals surface area contributed by atoms with Crippen LogP contribution in [0, 0.1) is 30.9 Å². The first kappa shape index (κ1) is 57.7. The number of rotatable bonds is 12. The minimum atomic E-state index is -0.432. The Morgan fingerprint density at radius 2 is 0.953 bits per heavy atom. The lowest BCUT2D eigenvalue weighted by Crippen LogP contribution is -2.22. The van der Waals surface area contributed by atoms with Crippen molar-refractivity contribution in [2.24, 2.45) is 0 Å². The topological polar surface area (TPSA) is 405 Å². The van der Waals surface area contributed by atoms with E-state index in [-0.39, 0.29) is 24.3 Å². The molecule has 0 atom stereocenters. The maximum atomic E-state index is 12.2. The molecule has 0 spiro atoms. The Bertz CT molecular complexity index is 4030. The normalized spacial score (nSPS) is 10.8. The number of hydrogen-bond acceptors (Lipinski definition) is 22. The van der Waals surface area contributed by atoms with Crippen LogP contribution in [0.4, 0.5) is 5.69 Å². The molecule has 0 fully saturated rings. The molecule has 30 nitrogen and oxygen atoms in total. The van der Waals surface area contributed by atoms with E-state index in [2.05, 4.69) is 119 Å². The van der Waals surface area contributed by atoms with E-state index in [0.29, 0.717) is 75.2 Å². The average Bonchev–Trinajstić information content (AvgIpc) is 4.58. The Kier molecular flexibility index (Phi) is 19.3. The number of halogens is 1. The molecule has 1 aliphatic heterocycles. The highest BCUT2D eigenvalue weighted by Crippen LogP contribution is 2.32. The molecule has 6 aromatic heterocycles. The minimum Gasteiger partial charge on any atom is -0.454 e. The van der Waals surface area contributed by atoms with Crippen molar-refractivity contribution < 1.29 is 24.0 Å². The van der Waals surface area contributed by atoms with Gasteiger partial charge in [0.15, 0.2) is 11.5 Å².